The Morgan fingerprint density at radius 3 is 2.25 bits per heavy atom. The Hall–Kier alpha value is -0.790. The van der Waals surface area contributed by atoms with E-state index in [2.05, 4.69) is 0 Å². The van der Waals surface area contributed by atoms with Crippen molar-refractivity contribution >= 4 is 5.97 Å². The molecule has 0 N–H and O–H groups in total. The Morgan fingerprint density at radius 2 is 1.92 bits per heavy atom. The van der Waals surface area contributed by atoms with Crippen molar-refractivity contribution in [3.63, 3.8) is 0 Å². The van der Waals surface area contributed by atoms with E-state index in [9.17, 15) is 4.79 Å². The first-order chi connectivity index (χ1) is 5.40. The van der Waals surface area contributed by atoms with Gasteiger partial charge in [-0.15, -0.1) is 0 Å². The Labute approximate surface area is 74.6 Å². The zero-order valence-corrected chi connectivity index (χ0v) is 8.60. The van der Waals surface area contributed by atoms with Crippen molar-refractivity contribution in [3.05, 3.63) is 11.6 Å². The number of hydrogen-bond donors (Lipinski definition) is 0. The molecule has 2 nitrogen and oxygen atoms in total. The Bertz CT molecular complexity index is 186. The molecule has 0 spiro atoms. The number of carbonyl (C=O) groups excluding carboxylic acids is 1. The van der Waals surface area contributed by atoms with Crippen LogP contribution in [0, 0.1) is 5.41 Å². The molecule has 0 amide bonds. The van der Waals surface area contributed by atoms with Gasteiger partial charge in [-0.05, 0) is 34.6 Å². The number of esters is 1. The summed E-state index contributed by atoms with van der Waals surface area (Å²) >= 11 is 0. The lowest BCUT2D eigenvalue weighted by molar-refractivity contribution is -0.150. The van der Waals surface area contributed by atoms with Crippen LogP contribution in [0.2, 0.25) is 0 Å². The van der Waals surface area contributed by atoms with Gasteiger partial charge in [0.2, 0.25) is 0 Å². The summed E-state index contributed by atoms with van der Waals surface area (Å²) in [5.41, 5.74) is 0.641. The van der Waals surface area contributed by atoms with Gasteiger partial charge in [-0.2, -0.15) is 0 Å². The molecule has 0 atom stereocenters. The molecule has 0 aromatic carbocycles. The maximum atomic E-state index is 11.3. The van der Waals surface area contributed by atoms with Gasteiger partial charge in [0, 0.05) is 0 Å². The van der Waals surface area contributed by atoms with Crippen molar-refractivity contribution in [2.75, 3.05) is 6.61 Å². The number of allylic oxidation sites excluding steroid dienone is 1. The first kappa shape index (κ1) is 11.2. The second-order valence-corrected chi connectivity index (χ2v) is 3.66. The Balaban J connectivity index is 4.39. The molecule has 0 radical (unpaired) electrons. The third kappa shape index (κ3) is 3.56. The molecule has 70 valence electrons. The highest BCUT2D eigenvalue weighted by Gasteiger charge is 2.25. The summed E-state index contributed by atoms with van der Waals surface area (Å²) in [5, 5.41) is 0. The lowest BCUT2D eigenvalue weighted by Gasteiger charge is -2.18. The van der Waals surface area contributed by atoms with E-state index in [4.69, 9.17) is 4.74 Å². The summed E-state index contributed by atoms with van der Waals surface area (Å²) in [5.74, 6) is -0.161. The molecule has 2 heteroatoms. The van der Waals surface area contributed by atoms with Crippen LogP contribution in [-0.2, 0) is 9.53 Å². The second kappa shape index (κ2) is 4.29. The van der Waals surface area contributed by atoms with E-state index < -0.39 is 5.41 Å². The molecule has 0 aliphatic heterocycles. The Kier molecular flexibility index (Phi) is 4.01. The molecule has 0 saturated heterocycles. The van der Waals surface area contributed by atoms with Gasteiger partial charge in [-0.3, -0.25) is 4.79 Å². The fraction of sp³-hybridized carbons (Fsp3) is 0.700. The van der Waals surface area contributed by atoms with E-state index in [0.717, 1.165) is 5.57 Å². The van der Waals surface area contributed by atoms with Gasteiger partial charge >= 0.3 is 5.97 Å². The predicted molar refractivity (Wildman–Crippen MR) is 49.8 cm³/mol. The average molecular weight is 170 g/mol. The molecule has 0 aromatic heterocycles. The van der Waals surface area contributed by atoms with Gasteiger partial charge in [-0.1, -0.05) is 11.6 Å². The van der Waals surface area contributed by atoms with E-state index in [0.29, 0.717) is 6.61 Å². The normalized spacial score (nSPS) is 10.8. The fourth-order valence-corrected chi connectivity index (χ4v) is 1.10. The van der Waals surface area contributed by atoms with Crippen molar-refractivity contribution in [1.82, 2.24) is 0 Å². The van der Waals surface area contributed by atoms with Crippen molar-refractivity contribution in [3.8, 4) is 0 Å². The van der Waals surface area contributed by atoms with Crippen molar-refractivity contribution in [1.29, 1.82) is 0 Å². The van der Waals surface area contributed by atoms with Crippen LogP contribution in [0.15, 0.2) is 11.6 Å². The molecule has 0 aliphatic carbocycles. The topological polar surface area (TPSA) is 26.3 Å². The number of rotatable bonds is 3. The first-order valence-electron chi connectivity index (χ1n) is 4.23. The second-order valence-electron chi connectivity index (χ2n) is 3.66. The molecule has 0 saturated carbocycles. The van der Waals surface area contributed by atoms with Crippen LogP contribution in [-0.4, -0.2) is 12.6 Å². The minimum atomic E-state index is -0.491. The maximum absolute atomic E-state index is 11.3. The molecular formula is C10H18O2. The summed E-state index contributed by atoms with van der Waals surface area (Å²) in [6, 6.07) is 0. The van der Waals surface area contributed by atoms with Crippen molar-refractivity contribution in [2.45, 2.75) is 34.6 Å². The van der Waals surface area contributed by atoms with Gasteiger partial charge in [0.25, 0.3) is 0 Å². The van der Waals surface area contributed by atoms with E-state index >= 15 is 0 Å². The van der Waals surface area contributed by atoms with Gasteiger partial charge in [0.15, 0.2) is 0 Å². The lowest BCUT2D eigenvalue weighted by Crippen LogP contribution is -2.24. The minimum Gasteiger partial charge on any atom is -0.465 e. The molecule has 0 aliphatic rings. The van der Waals surface area contributed by atoms with Gasteiger partial charge in [-0.25, -0.2) is 0 Å². The molecule has 0 heterocycles. The molecule has 0 aromatic rings. The Morgan fingerprint density at radius 1 is 1.42 bits per heavy atom. The van der Waals surface area contributed by atoms with Gasteiger partial charge in [0.05, 0.1) is 12.0 Å². The SMILES string of the molecule is CCOC(=O)C(C)(C)C=C(C)C. The number of hydrogen-bond acceptors (Lipinski definition) is 2. The quantitative estimate of drug-likeness (QED) is 0.480. The maximum Gasteiger partial charge on any atom is 0.315 e. The molecule has 0 rings (SSSR count). The standard InChI is InChI=1S/C10H18O2/c1-6-12-9(11)10(4,5)7-8(2)3/h7H,6H2,1-5H3. The third-order valence-corrected chi connectivity index (χ3v) is 1.45. The van der Waals surface area contributed by atoms with Crippen molar-refractivity contribution < 1.29 is 9.53 Å². The van der Waals surface area contributed by atoms with Crippen LogP contribution in [0.4, 0.5) is 0 Å². The average Bonchev–Trinajstić information content (AvgIpc) is 1.85. The highest BCUT2D eigenvalue weighted by atomic mass is 16.5. The van der Waals surface area contributed by atoms with Gasteiger partial charge in [0.1, 0.15) is 0 Å². The highest BCUT2D eigenvalue weighted by molar-refractivity contribution is 5.78. The predicted octanol–water partition coefficient (Wildman–Crippen LogP) is 2.54. The summed E-state index contributed by atoms with van der Waals surface area (Å²) in [4.78, 5) is 11.3. The van der Waals surface area contributed by atoms with Crippen LogP contribution in [0.1, 0.15) is 34.6 Å². The van der Waals surface area contributed by atoms with E-state index in [1.807, 2.05) is 40.7 Å². The smallest absolute Gasteiger partial charge is 0.315 e. The highest BCUT2D eigenvalue weighted by Crippen LogP contribution is 2.20. The minimum absolute atomic E-state index is 0.161. The van der Waals surface area contributed by atoms with Crippen LogP contribution in [0.25, 0.3) is 0 Å². The van der Waals surface area contributed by atoms with Crippen LogP contribution in [0.3, 0.4) is 0 Å². The largest absolute Gasteiger partial charge is 0.465 e. The van der Waals surface area contributed by atoms with E-state index in [1.54, 1.807) is 0 Å². The first-order valence-corrected chi connectivity index (χ1v) is 4.23. The molecule has 0 unspecified atom stereocenters. The summed E-state index contributed by atoms with van der Waals surface area (Å²) in [6.07, 6.45) is 1.92. The molecular weight excluding hydrogens is 152 g/mol. The van der Waals surface area contributed by atoms with Crippen LogP contribution in [0.5, 0.6) is 0 Å². The van der Waals surface area contributed by atoms with Gasteiger partial charge < -0.3 is 4.74 Å². The molecule has 0 bridgehead atoms. The van der Waals surface area contributed by atoms with Crippen LogP contribution >= 0.6 is 0 Å². The summed E-state index contributed by atoms with van der Waals surface area (Å²) in [7, 11) is 0. The van der Waals surface area contributed by atoms with E-state index in [-0.39, 0.29) is 5.97 Å². The zero-order valence-electron chi connectivity index (χ0n) is 8.60. The summed E-state index contributed by atoms with van der Waals surface area (Å²) in [6.45, 7) is 9.92. The number of ether oxygens (including phenoxy) is 1. The van der Waals surface area contributed by atoms with Crippen molar-refractivity contribution in [2.24, 2.45) is 5.41 Å². The number of carbonyl (C=O) groups is 1. The zero-order chi connectivity index (χ0) is 9.78. The van der Waals surface area contributed by atoms with Crippen LogP contribution < -0.4 is 0 Å². The fourth-order valence-electron chi connectivity index (χ4n) is 1.10. The summed E-state index contributed by atoms with van der Waals surface area (Å²) < 4.78 is 4.92. The third-order valence-electron chi connectivity index (χ3n) is 1.45. The monoisotopic (exact) mass is 170 g/mol. The molecule has 12 heavy (non-hydrogen) atoms. The lowest BCUT2D eigenvalue weighted by atomic mass is 9.91. The van der Waals surface area contributed by atoms with E-state index in [1.165, 1.54) is 0 Å². The molecule has 0 fully saturated rings.